The molecule has 3 rings (SSSR count). The number of carbonyl (C=O) groups excluding carboxylic acids is 1. The molecule has 2 atom stereocenters. The Morgan fingerprint density at radius 2 is 2.24 bits per heavy atom. The van der Waals surface area contributed by atoms with Gasteiger partial charge in [0.25, 0.3) is 0 Å². The lowest BCUT2D eigenvalue weighted by atomic mass is 9.78. The quantitative estimate of drug-likeness (QED) is 0.544. The third-order valence-electron chi connectivity index (χ3n) is 5.91. The van der Waals surface area contributed by atoms with Crippen LogP contribution in [0.5, 0.6) is 5.75 Å². The van der Waals surface area contributed by atoms with E-state index in [1.807, 2.05) is 0 Å². The van der Waals surface area contributed by atoms with Crippen molar-refractivity contribution in [3.8, 4) is 5.75 Å². The molecule has 1 aliphatic carbocycles. The molecule has 1 saturated heterocycles. The maximum atomic E-state index is 12.0. The number of morpholine rings is 1. The van der Waals surface area contributed by atoms with Crippen molar-refractivity contribution in [2.24, 2.45) is 0 Å². The lowest BCUT2D eigenvalue weighted by Crippen LogP contribution is -2.63. The molecule has 2 N–H and O–H groups in total. The van der Waals surface area contributed by atoms with Crippen molar-refractivity contribution in [3.05, 3.63) is 33.9 Å². The molecule has 1 amide bonds. The van der Waals surface area contributed by atoms with E-state index in [-0.39, 0.29) is 35.5 Å². The Hall–Kier alpha value is -2.23. The van der Waals surface area contributed by atoms with E-state index in [0.717, 1.165) is 37.8 Å². The summed E-state index contributed by atoms with van der Waals surface area (Å²) in [5.74, 6) is -0.283. The molecule has 9 heteroatoms. The molecule has 1 aromatic rings. The standard InChI is InChI=1S/C20H30N4O5/c1-22(2)19(26)12-21-18-5-3-4-8-20(18)14-23(9-10-29-20)13-15-6-7-17(25)16(11-15)24(27)28/h6-7,11,18,21,25H,3-5,8-10,12-14H2,1-2H3/t18-,20-/m1/s1. The molecule has 1 aliphatic heterocycles. The lowest BCUT2D eigenvalue weighted by molar-refractivity contribution is -0.385. The van der Waals surface area contributed by atoms with Crippen molar-refractivity contribution in [3.63, 3.8) is 0 Å². The summed E-state index contributed by atoms with van der Waals surface area (Å²) in [5, 5.41) is 24.2. The summed E-state index contributed by atoms with van der Waals surface area (Å²) in [5.41, 5.74) is 0.158. The number of nitrogens with one attached hydrogen (secondary N) is 1. The highest BCUT2D eigenvalue weighted by Crippen LogP contribution is 2.36. The smallest absolute Gasteiger partial charge is 0.311 e. The Bertz CT molecular complexity index is 752. The van der Waals surface area contributed by atoms with Crippen molar-refractivity contribution in [1.29, 1.82) is 0 Å². The van der Waals surface area contributed by atoms with Gasteiger partial charge in [-0.3, -0.25) is 19.8 Å². The number of aromatic hydroxyl groups is 1. The summed E-state index contributed by atoms with van der Waals surface area (Å²) in [4.78, 5) is 26.4. The monoisotopic (exact) mass is 406 g/mol. The normalized spacial score (nSPS) is 25.1. The molecule has 0 unspecified atom stereocenters. The van der Waals surface area contributed by atoms with Gasteiger partial charge in [-0.25, -0.2) is 0 Å². The molecule has 1 aromatic carbocycles. The van der Waals surface area contributed by atoms with Gasteiger partial charge in [0.1, 0.15) is 0 Å². The van der Waals surface area contributed by atoms with Gasteiger partial charge in [0.15, 0.2) is 5.75 Å². The second-order valence-corrected chi connectivity index (χ2v) is 8.17. The van der Waals surface area contributed by atoms with E-state index in [4.69, 9.17) is 4.74 Å². The molecule has 0 aromatic heterocycles. The van der Waals surface area contributed by atoms with E-state index < -0.39 is 4.92 Å². The first kappa shape index (κ1) is 21.5. The van der Waals surface area contributed by atoms with Crippen molar-refractivity contribution in [2.45, 2.75) is 43.9 Å². The number of nitro groups is 1. The number of hydrogen-bond acceptors (Lipinski definition) is 7. The van der Waals surface area contributed by atoms with Gasteiger partial charge in [0.2, 0.25) is 5.91 Å². The maximum absolute atomic E-state index is 12.0. The van der Waals surface area contributed by atoms with Gasteiger partial charge in [0.05, 0.1) is 23.7 Å². The highest BCUT2D eigenvalue weighted by atomic mass is 16.6. The van der Waals surface area contributed by atoms with Crippen molar-refractivity contribution < 1.29 is 19.6 Å². The maximum Gasteiger partial charge on any atom is 0.311 e. The zero-order chi connectivity index (χ0) is 21.0. The first-order valence-corrected chi connectivity index (χ1v) is 10.1. The van der Waals surface area contributed by atoms with Crippen LogP contribution in [0.3, 0.4) is 0 Å². The molecule has 1 heterocycles. The molecular formula is C20H30N4O5. The second kappa shape index (κ2) is 9.06. The Labute approximate surface area is 170 Å². The Morgan fingerprint density at radius 1 is 1.45 bits per heavy atom. The zero-order valence-corrected chi connectivity index (χ0v) is 17.1. The van der Waals surface area contributed by atoms with Gasteiger partial charge in [-0.1, -0.05) is 18.9 Å². The van der Waals surface area contributed by atoms with Gasteiger partial charge in [-0.15, -0.1) is 0 Å². The largest absolute Gasteiger partial charge is 0.502 e. The molecule has 29 heavy (non-hydrogen) atoms. The summed E-state index contributed by atoms with van der Waals surface area (Å²) in [6.07, 6.45) is 4.06. The first-order chi connectivity index (χ1) is 13.8. The fourth-order valence-electron chi connectivity index (χ4n) is 4.32. The van der Waals surface area contributed by atoms with Crippen molar-refractivity contribution in [2.75, 3.05) is 40.3 Å². The number of phenolic OH excluding ortho intramolecular Hbond substituents is 1. The minimum absolute atomic E-state index is 0.0368. The molecule has 9 nitrogen and oxygen atoms in total. The Kier molecular flexibility index (Phi) is 6.71. The average Bonchev–Trinajstić information content (AvgIpc) is 2.68. The van der Waals surface area contributed by atoms with E-state index in [1.54, 1.807) is 25.1 Å². The molecule has 160 valence electrons. The number of ether oxygens (including phenoxy) is 1. The summed E-state index contributed by atoms with van der Waals surface area (Å²) in [6.45, 7) is 2.86. The van der Waals surface area contributed by atoms with E-state index in [9.17, 15) is 20.0 Å². The van der Waals surface area contributed by atoms with Crippen LogP contribution in [0.15, 0.2) is 18.2 Å². The Balaban J connectivity index is 1.70. The van der Waals surface area contributed by atoms with Crippen LogP contribution in [-0.4, -0.2) is 77.7 Å². The van der Waals surface area contributed by atoms with E-state index >= 15 is 0 Å². The van der Waals surface area contributed by atoms with Crippen LogP contribution in [0.4, 0.5) is 5.69 Å². The van der Waals surface area contributed by atoms with Gasteiger partial charge in [-0.2, -0.15) is 0 Å². The van der Waals surface area contributed by atoms with Gasteiger partial charge < -0.3 is 20.1 Å². The number of rotatable bonds is 6. The lowest BCUT2D eigenvalue weighted by Gasteiger charge is -2.50. The predicted octanol–water partition coefficient (Wildman–Crippen LogP) is 1.49. The number of phenols is 1. The van der Waals surface area contributed by atoms with Gasteiger partial charge >= 0.3 is 5.69 Å². The first-order valence-electron chi connectivity index (χ1n) is 10.1. The predicted molar refractivity (Wildman–Crippen MR) is 108 cm³/mol. The van der Waals surface area contributed by atoms with Crippen LogP contribution < -0.4 is 5.32 Å². The van der Waals surface area contributed by atoms with Crippen LogP contribution in [0.25, 0.3) is 0 Å². The molecule has 1 saturated carbocycles. The third-order valence-corrected chi connectivity index (χ3v) is 5.91. The number of likely N-dealkylation sites (N-methyl/N-ethyl adjacent to an activating group) is 1. The number of nitrogens with zero attached hydrogens (tertiary/aromatic N) is 3. The molecule has 1 spiro atoms. The Morgan fingerprint density at radius 3 is 2.97 bits per heavy atom. The number of carbonyl (C=O) groups is 1. The fourth-order valence-corrected chi connectivity index (χ4v) is 4.32. The number of nitro benzene ring substituents is 1. The van der Waals surface area contributed by atoms with Crippen molar-refractivity contribution in [1.82, 2.24) is 15.1 Å². The number of hydrogen-bond donors (Lipinski definition) is 2. The summed E-state index contributed by atoms with van der Waals surface area (Å²) in [6, 6.07) is 4.62. The van der Waals surface area contributed by atoms with E-state index in [2.05, 4.69) is 10.2 Å². The molecule has 2 aliphatic rings. The van der Waals surface area contributed by atoms with Crippen LogP contribution in [0.2, 0.25) is 0 Å². The minimum Gasteiger partial charge on any atom is -0.502 e. The molecule has 2 fully saturated rings. The number of amides is 1. The van der Waals surface area contributed by atoms with Crippen LogP contribution in [-0.2, 0) is 16.1 Å². The second-order valence-electron chi connectivity index (χ2n) is 8.17. The summed E-state index contributed by atoms with van der Waals surface area (Å²) >= 11 is 0. The fraction of sp³-hybridized carbons (Fsp3) is 0.650. The number of benzene rings is 1. The van der Waals surface area contributed by atoms with Crippen LogP contribution >= 0.6 is 0 Å². The molecule has 0 radical (unpaired) electrons. The topological polar surface area (TPSA) is 108 Å². The van der Waals surface area contributed by atoms with E-state index in [0.29, 0.717) is 19.7 Å². The van der Waals surface area contributed by atoms with Crippen LogP contribution in [0.1, 0.15) is 31.2 Å². The van der Waals surface area contributed by atoms with E-state index in [1.165, 1.54) is 12.1 Å². The van der Waals surface area contributed by atoms with Crippen LogP contribution in [0, 0.1) is 10.1 Å². The highest BCUT2D eigenvalue weighted by molar-refractivity contribution is 5.77. The SMILES string of the molecule is CN(C)C(=O)CN[C@@H]1CCCC[C@@]12CN(Cc1ccc(O)c([N+](=O)[O-])c1)CCO2. The van der Waals surface area contributed by atoms with Crippen molar-refractivity contribution >= 4 is 11.6 Å². The zero-order valence-electron chi connectivity index (χ0n) is 17.1. The van der Waals surface area contributed by atoms with Gasteiger partial charge in [-0.05, 0) is 24.5 Å². The summed E-state index contributed by atoms with van der Waals surface area (Å²) in [7, 11) is 3.49. The molecule has 0 bridgehead atoms. The minimum atomic E-state index is -0.567. The molecular weight excluding hydrogens is 376 g/mol. The third kappa shape index (κ3) is 5.04. The van der Waals surface area contributed by atoms with Gasteiger partial charge in [0, 0.05) is 45.8 Å². The average molecular weight is 406 g/mol. The summed E-state index contributed by atoms with van der Waals surface area (Å²) < 4.78 is 6.28. The highest BCUT2D eigenvalue weighted by Gasteiger charge is 2.45.